The minimum atomic E-state index is -0.189. The van der Waals surface area contributed by atoms with Crippen LogP contribution in [0.1, 0.15) is 129 Å². The first-order valence-electron chi connectivity index (χ1n) is 14.2. The van der Waals surface area contributed by atoms with Crippen LogP contribution in [0.15, 0.2) is 59.1 Å². The van der Waals surface area contributed by atoms with Gasteiger partial charge in [0, 0.05) is 16.8 Å². The van der Waals surface area contributed by atoms with Gasteiger partial charge < -0.3 is 10.2 Å². The van der Waals surface area contributed by atoms with E-state index in [1.807, 2.05) is 41.5 Å². The molecule has 0 fully saturated rings. The normalized spacial score (nSPS) is 20.9. The molecule has 2 nitrogen and oxygen atoms in total. The van der Waals surface area contributed by atoms with E-state index in [4.69, 9.17) is 0 Å². The van der Waals surface area contributed by atoms with Gasteiger partial charge in [0.25, 0.3) is 0 Å². The van der Waals surface area contributed by atoms with Gasteiger partial charge in [-0.05, 0) is 57.1 Å². The number of hydrogen-bond donors (Lipinski definition) is 1. The first kappa shape index (κ1) is 34.5. The first-order chi connectivity index (χ1) is 16.1. The lowest BCUT2D eigenvalue weighted by molar-refractivity contribution is 0.191. The third-order valence-corrected chi connectivity index (χ3v) is 5.89. The summed E-state index contributed by atoms with van der Waals surface area (Å²) in [6.45, 7) is 30.1. The summed E-state index contributed by atoms with van der Waals surface area (Å²) in [4.78, 5) is 2.58. The number of nitrogens with zero attached hydrogens (tertiary/aromatic N) is 1. The van der Waals surface area contributed by atoms with E-state index in [1.54, 1.807) is 0 Å². The Bertz CT molecular complexity index is 695. The van der Waals surface area contributed by atoms with Crippen LogP contribution in [-0.4, -0.2) is 10.6 Å². The van der Waals surface area contributed by atoms with Crippen molar-refractivity contribution in [2.24, 2.45) is 11.3 Å². The molecule has 3 rings (SSSR count). The summed E-state index contributed by atoms with van der Waals surface area (Å²) >= 11 is 0. The molecule has 1 N–H and O–H groups in total. The summed E-state index contributed by atoms with van der Waals surface area (Å²) in [6.07, 6.45) is 19.7. The van der Waals surface area contributed by atoms with Crippen molar-refractivity contribution in [2.45, 2.75) is 135 Å². The van der Waals surface area contributed by atoms with Gasteiger partial charge in [-0.15, -0.1) is 0 Å². The molecule has 1 unspecified atom stereocenters. The minimum Gasteiger partial charge on any atom is -0.357 e. The van der Waals surface area contributed by atoms with E-state index < -0.39 is 0 Å². The molecule has 3 aliphatic rings. The van der Waals surface area contributed by atoms with Crippen LogP contribution in [0.3, 0.4) is 0 Å². The van der Waals surface area contributed by atoms with Gasteiger partial charge in [-0.25, -0.2) is 0 Å². The lowest BCUT2D eigenvalue weighted by atomic mass is 9.86. The van der Waals surface area contributed by atoms with E-state index in [9.17, 15) is 0 Å². The highest BCUT2D eigenvalue weighted by molar-refractivity contribution is 5.46. The Labute approximate surface area is 215 Å². The molecule has 1 heterocycles. The quantitative estimate of drug-likeness (QED) is 0.439. The van der Waals surface area contributed by atoms with Crippen LogP contribution in [0.4, 0.5) is 0 Å². The monoisotopic (exact) mass is 472 g/mol. The minimum absolute atomic E-state index is 0.111. The summed E-state index contributed by atoms with van der Waals surface area (Å²) in [5.74, 6) is 0.884. The van der Waals surface area contributed by atoms with Crippen LogP contribution in [0.5, 0.6) is 0 Å². The van der Waals surface area contributed by atoms with Crippen molar-refractivity contribution in [1.82, 2.24) is 10.2 Å². The van der Waals surface area contributed by atoms with E-state index in [1.165, 1.54) is 29.1 Å². The second-order valence-electron chi connectivity index (χ2n) is 9.70. The number of allylic oxidation sites excluding steroid dienone is 7. The van der Waals surface area contributed by atoms with Gasteiger partial charge in [-0.3, -0.25) is 0 Å². The molecule has 1 atom stereocenters. The van der Waals surface area contributed by atoms with Crippen LogP contribution in [-0.2, 0) is 0 Å². The van der Waals surface area contributed by atoms with Crippen LogP contribution in [0, 0.1) is 11.3 Å². The molecule has 0 aromatic rings. The van der Waals surface area contributed by atoms with Crippen LogP contribution < -0.4 is 5.32 Å². The zero-order valence-corrected chi connectivity index (χ0v) is 25.5. The lowest BCUT2D eigenvalue weighted by Gasteiger charge is -2.45. The fourth-order valence-electron chi connectivity index (χ4n) is 4.05. The average Bonchev–Trinajstić information content (AvgIpc) is 3.16. The third-order valence-electron chi connectivity index (χ3n) is 5.89. The van der Waals surface area contributed by atoms with E-state index in [2.05, 4.69) is 102 Å². The zero-order chi connectivity index (χ0) is 26.9. The van der Waals surface area contributed by atoms with Gasteiger partial charge >= 0.3 is 0 Å². The maximum absolute atomic E-state index is 3.83. The molecule has 0 spiro atoms. The molecular formula is C32H60N2. The summed E-state index contributed by atoms with van der Waals surface area (Å²) in [5, 5.41) is 3.83. The highest BCUT2D eigenvalue weighted by Gasteiger charge is 2.46. The molecule has 0 saturated carbocycles. The van der Waals surface area contributed by atoms with Crippen LogP contribution in [0.2, 0.25) is 0 Å². The average molecular weight is 473 g/mol. The Morgan fingerprint density at radius 2 is 1.53 bits per heavy atom. The van der Waals surface area contributed by atoms with Crippen LogP contribution in [0.25, 0.3) is 0 Å². The molecule has 0 aromatic carbocycles. The Morgan fingerprint density at radius 1 is 1.00 bits per heavy atom. The third kappa shape index (κ3) is 9.51. The summed E-state index contributed by atoms with van der Waals surface area (Å²) in [7, 11) is 0. The Hall–Kier alpha value is -1.70. The van der Waals surface area contributed by atoms with Crippen molar-refractivity contribution in [2.75, 3.05) is 0 Å². The molecule has 0 amide bonds. The van der Waals surface area contributed by atoms with Crippen molar-refractivity contribution in [3.63, 3.8) is 0 Å². The molecule has 0 aromatic heterocycles. The molecule has 0 bridgehead atoms. The van der Waals surface area contributed by atoms with Gasteiger partial charge in [0.1, 0.15) is 5.66 Å². The van der Waals surface area contributed by atoms with Crippen molar-refractivity contribution in [3.8, 4) is 0 Å². The lowest BCUT2D eigenvalue weighted by Crippen LogP contribution is -2.52. The highest BCUT2D eigenvalue weighted by Crippen LogP contribution is 2.46. The molecule has 0 saturated heterocycles. The zero-order valence-electron chi connectivity index (χ0n) is 25.5. The van der Waals surface area contributed by atoms with Crippen LogP contribution >= 0.6 is 0 Å². The van der Waals surface area contributed by atoms with Gasteiger partial charge in [0.2, 0.25) is 0 Å². The summed E-state index contributed by atoms with van der Waals surface area (Å²) < 4.78 is 0. The SMILES string of the molecule is C/C=C(\N1C2=C(C=CCC2)NC1(C)C1=CCCC=C1)C(C)(C)C.CC.CC.CC.CCC(C)C. The molecule has 2 heteroatoms. The van der Waals surface area contributed by atoms with E-state index in [-0.39, 0.29) is 11.1 Å². The van der Waals surface area contributed by atoms with Crippen molar-refractivity contribution >= 4 is 0 Å². The molecular weight excluding hydrogens is 412 g/mol. The number of nitrogens with one attached hydrogen (secondary N) is 1. The van der Waals surface area contributed by atoms with Crippen molar-refractivity contribution in [1.29, 1.82) is 0 Å². The largest absolute Gasteiger partial charge is 0.357 e. The summed E-state index contributed by atoms with van der Waals surface area (Å²) in [5.41, 5.74) is 5.44. The molecule has 1 aliphatic heterocycles. The molecule has 2 aliphatic carbocycles. The highest BCUT2D eigenvalue weighted by atomic mass is 15.4. The second kappa shape index (κ2) is 17.7. The van der Waals surface area contributed by atoms with Gasteiger partial charge in [-0.1, -0.05) is 120 Å². The van der Waals surface area contributed by atoms with Gasteiger partial charge in [0.05, 0.1) is 5.70 Å². The fraction of sp³-hybridized carbons (Fsp3) is 0.688. The van der Waals surface area contributed by atoms with Crippen molar-refractivity contribution in [3.05, 3.63) is 59.1 Å². The Balaban J connectivity index is 0. The van der Waals surface area contributed by atoms with Crippen molar-refractivity contribution < 1.29 is 0 Å². The second-order valence-corrected chi connectivity index (χ2v) is 9.70. The standard InChI is InChI=1S/C21H30N2.C5H12.3C2H6/c1-6-19(20(2,3)4)23-18-15-11-10-14-17(18)22-21(23,5)16-12-8-7-9-13-16;1-4-5(2)3;3*1-2/h6,8,10,12-14,22H,7,9,11,15H2,1-5H3;5H,4H2,1-3H3;3*1-2H3/b19-6-;;;;. The maximum atomic E-state index is 3.83. The summed E-state index contributed by atoms with van der Waals surface area (Å²) in [6, 6.07) is 0. The van der Waals surface area contributed by atoms with E-state index >= 15 is 0 Å². The first-order valence-corrected chi connectivity index (χ1v) is 14.2. The number of rotatable bonds is 3. The van der Waals surface area contributed by atoms with Gasteiger partial charge in [-0.2, -0.15) is 0 Å². The predicted octanol–water partition coefficient (Wildman–Crippen LogP) is 10.5. The smallest absolute Gasteiger partial charge is 0.137 e. The Kier molecular flexibility index (Phi) is 17.9. The Morgan fingerprint density at radius 3 is 1.94 bits per heavy atom. The molecule has 198 valence electrons. The molecule has 34 heavy (non-hydrogen) atoms. The fourth-order valence-corrected chi connectivity index (χ4v) is 4.05. The topological polar surface area (TPSA) is 15.3 Å². The maximum Gasteiger partial charge on any atom is 0.137 e. The van der Waals surface area contributed by atoms with Gasteiger partial charge in [0.15, 0.2) is 0 Å². The predicted molar refractivity (Wildman–Crippen MR) is 158 cm³/mol. The van der Waals surface area contributed by atoms with E-state index in [0.29, 0.717) is 0 Å². The number of hydrogen-bond acceptors (Lipinski definition) is 2. The van der Waals surface area contributed by atoms with E-state index in [0.717, 1.165) is 31.6 Å². The molecule has 0 radical (unpaired) electrons.